The Labute approximate surface area is 193 Å². The smallest absolute Gasteiger partial charge is 0.338 e. The number of ether oxygens (including phenoxy) is 3. The van der Waals surface area contributed by atoms with Crippen molar-refractivity contribution >= 4 is 11.5 Å². The second-order valence-electron chi connectivity index (χ2n) is 8.72. The number of pyridine rings is 1. The second-order valence-corrected chi connectivity index (χ2v) is 8.72. The third-order valence-corrected chi connectivity index (χ3v) is 6.23. The van der Waals surface area contributed by atoms with Gasteiger partial charge in [0, 0.05) is 47.7 Å². The van der Waals surface area contributed by atoms with Gasteiger partial charge >= 0.3 is 5.97 Å². The van der Waals surface area contributed by atoms with Crippen molar-refractivity contribution in [2.24, 2.45) is 0 Å². The average Bonchev–Trinajstić information content (AvgIpc) is 3.22. The quantitative estimate of drug-likeness (QED) is 0.490. The number of halogens is 1. The van der Waals surface area contributed by atoms with Crippen molar-refractivity contribution in [3.8, 4) is 16.9 Å². The number of hydrogen-bond donors (Lipinski definition) is 0. The highest BCUT2D eigenvalue weighted by Gasteiger charge is 2.26. The van der Waals surface area contributed by atoms with E-state index in [1.807, 2.05) is 39.1 Å². The molecule has 1 aromatic carbocycles. The van der Waals surface area contributed by atoms with Crippen molar-refractivity contribution in [2.45, 2.75) is 39.8 Å². The van der Waals surface area contributed by atoms with Crippen LogP contribution in [0.2, 0.25) is 0 Å². The van der Waals surface area contributed by atoms with E-state index in [2.05, 4.69) is 16.2 Å². The Bertz CT molecular complexity index is 1160. The molecule has 1 saturated heterocycles. The Kier molecular flexibility index (Phi) is 6.72. The van der Waals surface area contributed by atoms with E-state index in [0.29, 0.717) is 30.1 Å². The summed E-state index contributed by atoms with van der Waals surface area (Å²) in [6.07, 6.45) is 1.71. The summed E-state index contributed by atoms with van der Waals surface area (Å²) in [7, 11) is 1.56. The predicted molar refractivity (Wildman–Crippen MR) is 125 cm³/mol. The lowest BCUT2D eigenvalue weighted by atomic mass is 10.0. The fourth-order valence-corrected chi connectivity index (χ4v) is 4.52. The van der Waals surface area contributed by atoms with E-state index < -0.39 is 0 Å². The standard InChI is InChI=1S/C26H31FN2O4/c1-16(2)33-26(30)22-13-20-12-19(23-14-21(31-5)6-7-24(23)27)15-29(20)25(17(22)3)18(4)28-8-10-32-11-9-28/h6-7,12-16,18H,8-11H2,1-5H3. The molecule has 7 heteroatoms. The maximum absolute atomic E-state index is 14.7. The van der Waals surface area contributed by atoms with Crippen molar-refractivity contribution in [3.05, 3.63) is 59.2 Å². The summed E-state index contributed by atoms with van der Waals surface area (Å²) >= 11 is 0. The van der Waals surface area contributed by atoms with E-state index in [4.69, 9.17) is 14.2 Å². The number of esters is 1. The first kappa shape index (κ1) is 23.3. The fraction of sp³-hybridized carbons (Fsp3) is 0.423. The fourth-order valence-electron chi connectivity index (χ4n) is 4.52. The molecule has 0 bridgehead atoms. The van der Waals surface area contributed by atoms with Gasteiger partial charge in [0.25, 0.3) is 0 Å². The van der Waals surface area contributed by atoms with Crippen molar-refractivity contribution in [3.63, 3.8) is 0 Å². The molecule has 1 aliphatic rings. The molecule has 0 saturated carbocycles. The minimum Gasteiger partial charge on any atom is -0.497 e. The van der Waals surface area contributed by atoms with Gasteiger partial charge < -0.3 is 18.6 Å². The number of hydrogen-bond acceptors (Lipinski definition) is 5. The van der Waals surface area contributed by atoms with Gasteiger partial charge in [0.2, 0.25) is 0 Å². The number of carbonyl (C=O) groups is 1. The van der Waals surface area contributed by atoms with Gasteiger partial charge in [0.05, 0.1) is 32.0 Å². The summed E-state index contributed by atoms with van der Waals surface area (Å²) in [5.41, 5.74) is 4.35. The molecule has 0 amide bonds. The molecular formula is C26H31FN2O4. The second kappa shape index (κ2) is 9.53. The van der Waals surface area contributed by atoms with Crippen LogP contribution < -0.4 is 4.74 Å². The molecule has 6 nitrogen and oxygen atoms in total. The molecule has 33 heavy (non-hydrogen) atoms. The molecule has 0 spiro atoms. The van der Waals surface area contributed by atoms with Crippen LogP contribution in [0.3, 0.4) is 0 Å². The molecular weight excluding hydrogens is 423 g/mol. The number of rotatable bonds is 6. The van der Waals surface area contributed by atoms with Crippen LogP contribution in [-0.2, 0) is 9.47 Å². The van der Waals surface area contributed by atoms with Crippen molar-refractivity contribution in [1.29, 1.82) is 0 Å². The Morgan fingerprint density at radius 2 is 1.85 bits per heavy atom. The topological polar surface area (TPSA) is 52.4 Å². The Balaban J connectivity index is 1.90. The third-order valence-electron chi connectivity index (χ3n) is 6.23. The molecule has 2 aromatic heterocycles. The lowest BCUT2D eigenvalue weighted by molar-refractivity contribution is 0.0186. The Morgan fingerprint density at radius 1 is 1.12 bits per heavy atom. The van der Waals surface area contributed by atoms with Crippen LogP contribution in [0.4, 0.5) is 4.39 Å². The zero-order valence-corrected chi connectivity index (χ0v) is 19.9. The first-order valence-electron chi connectivity index (χ1n) is 11.3. The molecule has 4 rings (SSSR count). The van der Waals surface area contributed by atoms with Crippen LogP contribution >= 0.6 is 0 Å². The molecule has 176 valence electrons. The third kappa shape index (κ3) is 4.61. The summed E-state index contributed by atoms with van der Waals surface area (Å²) in [5.74, 6) is -0.0951. The molecule has 3 aromatic rings. The van der Waals surface area contributed by atoms with Crippen LogP contribution in [0.5, 0.6) is 5.75 Å². The molecule has 1 unspecified atom stereocenters. The summed E-state index contributed by atoms with van der Waals surface area (Å²) in [6.45, 7) is 10.7. The highest BCUT2D eigenvalue weighted by molar-refractivity contribution is 5.93. The maximum atomic E-state index is 14.7. The number of methoxy groups -OCH3 is 1. The van der Waals surface area contributed by atoms with Crippen LogP contribution in [0.25, 0.3) is 16.6 Å². The van der Waals surface area contributed by atoms with Gasteiger partial charge in [-0.2, -0.15) is 0 Å². The van der Waals surface area contributed by atoms with Gasteiger partial charge in [0.15, 0.2) is 0 Å². The minimum absolute atomic E-state index is 0.0265. The van der Waals surface area contributed by atoms with Gasteiger partial charge in [-0.3, -0.25) is 4.90 Å². The molecule has 1 aliphatic heterocycles. The Hall–Kier alpha value is -2.90. The summed E-state index contributed by atoms with van der Waals surface area (Å²) in [4.78, 5) is 15.3. The molecule has 1 fully saturated rings. The number of benzene rings is 1. The van der Waals surface area contributed by atoms with Crippen LogP contribution in [0.15, 0.2) is 36.5 Å². The van der Waals surface area contributed by atoms with Crippen LogP contribution in [-0.4, -0.2) is 54.8 Å². The van der Waals surface area contributed by atoms with E-state index >= 15 is 0 Å². The van der Waals surface area contributed by atoms with Gasteiger partial charge in [-0.25, -0.2) is 9.18 Å². The molecule has 0 N–H and O–H groups in total. The van der Waals surface area contributed by atoms with Gasteiger partial charge in [-0.15, -0.1) is 0 Å². The first-order chi connectivity index (χ1) is 15.8. The lowest BCUT2D eigenvalue weighted by Crippen LogP contribution is -2.39. The van der Waals surface area contributed by atoms with Crippen molar-refractivity contribution < 1.29 is 23.4 Å². The predicted octanol–water partition coefficient (Wildman–Crippen LogP) is 5.02. The van der Waals surface area contributed by atoms with Crippen molar-refractivity contribution in [1.82, 2.24) is 9.30 Å². The SMILES string of the molecule is COc1ccc(F)c(-c2cc3cc(C(=O)OC(C)C)c(C)c(C(C)N4CCOCC4)n3c2)c1. The highest BCUT2D eigenvalue weighted by Crippen LogP contribution is 2.34. The van der Waals surface area contributed by atoms with Gasteiger partial charge in [-0.1, -0.05) is 0 Å². The molecule has 0 aliphatic carbocycles. The first-order valence-corrected chi connectivity index (χ1v) is 11.3. The normalized spacial score (nSPS) is 15.7. The van der Waals surface area contributed by atoms with E-state index in [1.54, 1.807) is 19.2 Å². The van der Waals surface area contributed by atoms with E-state index in [0.717, 1.165) is 35.4 Å². The minimum atomic E-state index is -0.351. The van der Waals surface area contributed by atoms with Gasteiger partial charge in [0.1, 0.15) is 11.6 Å². The van der Waals surface area contributed by atoms with E-state index in [9.17, 15) is 9.18 Å². The zero-order valence-electron chi connectivity index (χ0n) is 19.9. The number of morpholine rings is 1. The zero-order chi connectivity index (χ0) is 23.7. The monoisotopic (exact) mass is 454 g/mol. The van der Waals surface area contributed by atoms with Crippen LogP contribution in [0.1, 0.15) is 48.4 Å². The molecule has 1 atom stereocenters. The van der Waals surface area contributed by atoms with Gasteiger partial charge in [-0.05, 0) is 63.6 Å². The number of fused-ring (bicyclic) bond motifs is 1. The largest absolute Gasteiger partial charge is 0.497 e. The molecule has 0 radical (unpaired) electrons. The maximum Gasteiger partial charge on any atom is 0.338 e. The number of nitrogens with zero attached hydrogens (tertiary/aromatic N) is 2. The van der Waals surface area contributed by atoms with Crippen LogP contribution in [0, 0.1) is 12.7 Å². The Morgan fingerprint density at radius 3 is 2.52 bits per heavy atom. The number of aromatic nitrogens is 1. The lowest BCUT2D eigenvalue weighted by Gasteiger charge is -2.34. The summed E-state index contributed by atoms with van der Waals surface area (Å²) in [5, 5.41) is 0. The summed E-state index contributed by atoms with van der Waals surface area (Å²) < 4.78 is 33.2. The van der Waals surface area contributed by atoms with E-state index in [1.165, 1.54) is 6.07 Å². The van der Waals surface area contributed by atoms with E-state index in [-0.39, 0.29) is 23.9 Å². The molecule has 3 heterocycles. The highest BCUT2D eigenvalue weighted by atomic mass is 19.1. The number of carbonyl (C=O) groups excluding carboxylic acids is 1. The summed E-state index contributed by atoms with van der Waals surface area (Å²) in [6, 6.07) is 8.46. The average molecular weight is 455 g/mol. The van der Waals surface area contributed by atoms with Crippen molar-refractivity contribution in [2.75, 3.05) is 33.4 Å².